The first-order chi connectivity index (χ1) is 10.0. The third-order valence-electron chi connectivity index (χ3n) is 3.29. The van der Waals surface area contributed by atoms with Gasteiger partial charge in [0.1, 0.15) is 41.3 Å². The second-order valence-corrected chi connectivity index (χ2v) is 5.22. The van der Waals surface area contributed by atoms with E-state index in [1.165, 1.54) is 10.9 Å². The number of hydrogen-bond acceptors (Lipinski definition) is 8. The third kappa shape index (κ3) is 2.40. The minimum absolute atomic E-state index is 0.0723. The number of fused-ring (bicyclic) bond motifs is 1. The quantitative estimate of drug-likeness (QED) is 0.457. The number of aromatic nitrogens is 4. The Morgan fingerprint density at radius 1 is 1.52 bits per heavy atom. The van der Waals surface area contributed by atoms with Crippen LogP contribution in [-0.2, 0) is 7.80 Å². The van der Waals surface area contributed by atoms with Crippen molar-refractivity contribution in [1.29, 1.82) is 0 Å². The molecule has 3 heterocycles. The topological polar surface area (TPSA) is 149 Å². The molecule has 0 radical (unpaired) electrons. The number of halogens is 1. The molecule has 3 rings (SSSR count). The number of rotatable bonds is 3. The van der Waals surface area contributed by atoms with E-state index >= 15 is 0 Å². The predicted octanol–water partition coefficient (Wildman–Crippen LogP) is -1.31. The maximum atomic E-state index is 11.7. The fourth-order valence-electron chi connectivity index (χ4n) is 2.29. The van der Waals surface area contributed by atoms with Crippen LogP contribution in [0.3, 0.4) is 0 Å². The molecular weight excluding hydrogens is 397 g/mol. The lowest BCUT2D eigenvalue weighted by Gasteiger charge is -2.16. The number of aromatic amines is 1. The van der Waals surface area contributed by atoms with Crippen molar-refractivity contribution in [3.05, 3.63) is 16.7 Å². The van der Waals surface area contributed by atoms with Gasteiger partial charge in [0, 0.05) is 0 Å². The van der Waals surface area contributed by atoms with Gasteiger partial charge in [0.15, 0.2) is 17.4 Å². The summed E-state index contributed by atoms with van der Waals surface area (Å²) in [7, 11) is 0. The monoisotopic (exact) mass is 409 g/mol. The summed E-state index contributed by atoms with van der Waals surface area (Å²) in [4.78, 5) is 22.0. The summed E-state index contributed by atoms with van der Waals surface area (Å²) in [5, 5.41) is 20.0. The van der Waals surface area contributed by atoms with Gasteiger partial charge >= 0.3 is 0 Å². The van der Waals surface area contributed by atoms with E-state index in [0.717, 1.165) is 0 Å². The Hall–Kier alpha value is -1.28. The van der Waals surface area contributed by atoms with Gasteiger partial charge < -0.3 is 23.7 Å². The van der Waals surface area contributed by atoms with Gasteiger partial charge in [0.05, 0.1) is 12.9 Å². The molecule has 2 aromatic rings. The zero-order valence-corrected chi connectivity index (χ0v) is 12.7. The van der Waals surface area contributed by atoms with E-state index in [4.69, 9.17) is 13.5 Å². The molecular formula is C10H12IN5O5. The zero-order chi connectivity index (χ0) is 15.1. The molecule has 2 unspecified atom stereocenters. The molecule has 0 saturated carbocycles. The molecule has 0 amide bonds. The highest BCUT2D eigenvalue weighted by Gasteiger charge is 2.44. The summed E-state index contributed by atoms with van der Waals surface area (Å²) in [5.74, 6) is -0.0746. The summed E-state index contributed by atoms with van der Waals surface area (Å²) in [6.45, 7) is 0.109. The van der Waals surface area contributed by atoms with Gasteiger partial charge in [0.25, 0.3) is 5.56 Å². The van der Waals surface area contributed by atoms with Gasteiger partial charge in [-0.3, -0.25) is 14.3 Å². The predicted molar refractivity (Wildman–Crippen MR) is 78.5 cm³/mol. The molecule has 1 fully saturated rings. The van der Waals surface area contributed by atoms with Gasteiger partial charge in [-0.15, -0.1) is 0 Å². The number of aliphatic hydroxyl groups excluding tert-OH is 2. The molecule has 4 atom stereocenters. The fourth-order valence-corrected chi connectivity index (χ4v) is 2.64. The van der Waals surface area contributed by atoms with Gasteiger partial charge in [-0.2, -0.15) is 4.98 Å². The lowest BCUT2D eigenvalue weighted by Crippen LogP contribution is -2.33. The molecule has 10 nitrogen and oxygen atoms in total. The Morgan fingerprint density at radius 2 is 2.29 bits per heavy atom. The van der Waals surface area contributed by atoms with Crippen LogP contribution in [0.5, 0.6) is 0 Å². The van der Waals surface area contributed by atoms with E-state index in [-0.39, 0.29) is 23.7 Å². The Labute approximate surface area is 131 Å². The number of imidazole rings is 1. The molecule has 1 aliphatic rings. The molecule has 1 aliphatic heterocycles. The van der Waals surface area contributed by atoms with Crippen molar-refractivity contribution in [3.8, 4) is 0 Å². The number of aliphatic hydroxyl groups is 2. The number of H-pyrrole nitrogens is 1. The van der Waals surface area contributed by atoms with Gasteiger partial charge in [-0.1, -0.05) is 0 Å². The van der Waals surface area contributed by atoms with Crippen LogP contribution in [0.1, 0.15) is 6.23 Å². The average Bonchev–Trinajstić information content (AvgIpc) is 2.96. The highest BCUT2D eigenvalue weighted by molar-refractivity contribution is 14.1. The van der Waals surface area contributed by atoms with Crippen molar-refractivity contribution >= 4 is 40.1 Å². The van der Waals surface area contributed by atoms with E-state index < -0.39 is 30.1 Å². The van der Waals surface area contributed by atoms with E-state index in [2.05, 4.69) is 15.0 Å². The number of nitrogens with zero attached hydrogens (tertiary/aromatic N) is 3. The molecule has 0 spiro atoms. The van der Waals surface area contributed by atoms with Crippen molar-refractivity contribution in [3.63, 3.8) is 0 Å². The second kappa shape index (κ2) is 5.49. The van der Waals surface area contributed by atoms with Crippen LogP contribution in [0.15, 0.2) is 11.1 Å². The Balaban J connectivity index is 2.03. The summed E-state index contributed by atoms with van der Waals surface area (Å²) in [6, 6.07) is 0. The number of nitrogens with one attached hydrogen (secondary N) is 1. The standard InChI is InChI=1S/C10H12IN5O5/c11-20-1-3-5(17)6(18)9(21-3)16-2-13-4-7(16)14-10(12)15-8(4)19/h2-3,5-6,9,17-18H,1H2,(H3,12,14,15,19)/t3-,5?,6?,9-/m1/s1. The van der Waals surface area contributed by atoms with Crippen LogP contribution in [0.4, 0.5) is 5.95 Å². The maximum Gasteiger partial charge on any atom is 0.280 e. The first kappa shape index (κ1) is 14.6. The molecule has 0 bridgehead atoms. The van der Waals surface area contributed by atoms with E-state index in [1.54, 1.807) is 23.0 Å². The lowest BCUT2D eigenvalue weighted by atomic mass is 10.1. The van der Waals surface area contributed by atoms with E-state index in [1.807, 2.05) is 0 Å². The maximum absolute atomic E-state index is 11.7. The Bertz CT molecular complexity index is 717. The normalized spacial score (nSPS) is 29.3. The number of nitrogens with two attached hydrogens (primary N) is 1. The SMILES string of the molecule is Nc1nc2c(ncn2[C@@H]2O[C@H](COI)C(O)C2O)c(=O)[nH]1. The number of anilines is 1. The molecule has 5 N–H and O–H groups in total. The average molecular weight is 409 g/mol. The van der Waals surface area contributed by atoms with Crippen molar-refractivity contribution in [2.24, 2.45) is 0 Å². The number of nitrogen functional groups attached to an aromatic ring is 1. The summed E-state index contributed by atoms with van der Waals surface area (Å²) in [5.41, 5.74) is 5.26. The highest BCUT2D eigenvalue weighted by atomic mass is 127. The second-order valence-electron chi connectivity index (χ2n) is 4.60. The van der Waals surface area contributed by atoms with Crippen molar-refractivity contribution in [1.82, 2.24) is 19.5 Å². The Morgan fingerprint density at radius 3 is 3.00 bits per heavy atom. The molecule has 11 heteroatoms. The summed E-state index contributed by atoms with van der Waals surface area (Å²) < 4.78 is 11.8. The lowest BCUT2D eigenvalue weighted by molar-refractivity contribution is -0.0432. The van der Waals surface area contributed by atoms with E-state index in [9.17, 15) is 15.0 Å². The summed E-state index contributed by atoms with van der Waals surface area (Å²) in [6.07, 6.45) is -2.66. The number of ether oxygens (including phenoxy) is 1. The molecule has 21 heavy (non-hydrogen) atoms. The minimum atomic E-state index is -1.21. The third-order valence-corrected chi connectivity index (χ3v) is 3.65. The van der Waals surface area contributed by atoms with Crippen LogP contribution in [0, 0.1) is 0 Å². The highest BCUT2D eigenvalue weighted by Crippen LogP contribution is 2.31. The molecule has 0 aromatic carbocycles. The van der Waals surface area contributed by atoms with Crippen LogP contribution >= 0.6 is 23.0 Å². The van der Waals surface area contributed by atoms with Crippen molar-refractivity contribution in [2.45, 2.75) is 24.5 Å². The zero-order valence-electron chi connectivity index (χ0n) is 10.5. The van der Waals surface area contributed by atoms with Gasteiger partial charge in [-0.05, 0) is 0 Å². The van der Waals surface area contributed by atoms with Gasteiger partial charge in [-0.25, -0.2) is 4.98 Å². The van der Waals surface area contributed by atoms with Crippen molar-refractivity contribution < 1.29 is 18.0 Å². The van der Waals surface area contributed by atoms with Crippen LogP contribution in [0.2, 0.25) is 0 Å². The van der Waals surface area contributed by atoms with Crippen LogP contribution in [0.25, 0.3) is 11.2 Å². The Kier molecular flexibility index (Phi) is 3.83. The van der Waals surface area contributed by atoms with Crippen LogP contribution in [-0.4, -0.2) is 54.7 Å². The molecule has 0 aliphatic carbocycles. The number of hydrogen-bond donors (Lipinski definition) is 4. The molecule has 1 saturated heterocycles. The minimum Gasteiger partial charge on any atom is -0.387 e. The largest absolute Gasteiger partial charge is 0.387 e. The summed E-state index contributed by atoms with van der Waals surface area (Å²) >= 11 is 1.67. The first-order valence-corrected chi connectivity index (χ1v) is 6.88. The fraction of sp³-hybridized carbons (Fsp3) is 0.500. The first-order valence-electron chi connectivity index (χ1n) is 6.00. The van der Waals surface area contributed by atoms with Crippen molar-refractivity contribution in [2.75, 3.05) is 12.3 Å². The molecule has 2 aromatic heterocycles. The van der Waals surface area contributed by atoms with E-state index in [0.29, 0.717) is 0 Å². The van der Waals surface area contributed by atoms with Gasteiger partial charge in [0.2, 0.25) is 5.95 Å². The van der Waals surface area contributed by atoms with Crippen LogP contribution < -0.4 is 11.3 Å². The smallest absolute Gasteiger partial charge is 0.280 e. The molecule has 114 valence electrons.